The van der Waals surface area contributed by atoms with Gasteiger partial charge in [-0.3, -0.25) is 14.8 Å². The van der Waals surface area contributed by atoms with Crippen LogP contribution in [0.15, 0.2) is 30.7 Å². The van der Waals surface area contributed by atoms with Crippen LogP contribution in [0.3, 0.4) is 0 Å². The van der Waals surface area contributed by atoms with E-state index in [1.807, 2.05) is 18.5 Å². The number of nitrogens with zero attached hydrogens (tertiary/aromatic N) is 6. The van der Waals surface area contributed by atoms with Gasteiger partial charge in [0, 0.05) is 70.9 Å². The van der Waals surface area contributed by atoms with E-state index in [4.69, 9.17) is 4.98 Å². The first-order chi connectivity index (χ1) is 12.2. The normalized spacial score (nSPS) is 22.9. The van der Waals surface area contributed by atoms with E-state index < -0.39 is 0 Å². The van der Waals surface area contributed by atoms with E-state index in [2.05, 4.69) is 50.5 Å². The Morgan fingerprint density at radius 2 is 1.88 bits per heavy atom. The molecule has 1 atom stereocenters. The van der Waals surface area contributed by atoms with Gasteiger partial charge >= 0.3 is 0 Å². The molecule has 1 unspecified atom stereocenters. The molecule has 0 spiro atoms. The minimum atomic E-state index is 0.343. The van der Waals surface area contributed by atoms with Crippen LogP contribution in [-0.2, 0) is 19.6 Å². The highest BCUT2D eigenvalue weighted by Gasteiger charge is 2.27. The third-order valence-corrected chi connectivity index (χ3v) is 5.59. The number of hydrogen-bond donors (Lipinski definition) is 0. The highest BCUT2D eigenvalue weighted by Crippen LogP contribution is 2.27. The third kappa shape index (κ3) is 3.61. The maximum absolute atomic E-state index is 4.78. The van der Waals surface area contributed by atoms with Crippen LogP contribution in [0.25, 0.3) is 0 Å². The van der Waals surface area contributed by atoms with Gasteiger partial charge in [-0.25, -0.2) is 4.98 Å². The van der Waals surface area contributed by atoms with E-state index in [1.165, 1.54) is 17.1 Å². The molecule has 0 radical (unpaired) electrons. The monoisotopic (exact) mass is 340 g/mol. The van der Waals surface area contributed by atoms with Crippen LogP contribution in [0.5, 0.6) is 0 Å². The Hall–Kier alpha value is -1.76. The zero-order valence-corrected chi connectivity index (χ0v) is 15.3. The Morgan fingerprint density at radius 3 is 2.64 bits per heavy atom. The summed E-state index contributed by atoms with van der Waals surface area (Å²) in [5.74, 6) is 1.21. The summed E-state index contributed by atoms with van der Waals surface area (Å²) in [4.78, 5) is 16.5. The zero-order valence-electron chi connectivity index (χ0n) is 15.3. The molecule has 0 amide bonds. The van der Waals surface area contributed by atoms with E-state index in [-0.39, 0.29) is 0 Å². The highest BCUT2D eigenvalue weighted by molar-refractivity contribution is 5.14. The van der Waals surface area contributed by atoms with Crippen molar-refractivity contribution in [3.05, 3.63) is 47.8 Å². The van der Waals surface area contributed by atoms with Crippen molar-refractivity contribution in [1.29, 1.82) is 0 Å². The van der Waals surface area contributed by atoms with Crippen molar-refractivity contribution in [2.24, 2.45) is 0 Å². The lowest BCUT2D eigenvalue weighted by Gasteiger charge is -2.35. The van der Waals surface area contributed by atoms with Crippen molar-refractivity contribution < 1.29 is 0 Å². The SMILES string of the molecule is CC1c2ncc(CN3CCN(C)CC3)n2CCN1Cc1cccnc1. The summed E-state index contributed by atoms with van der Waals surface area (Å²) in [5.41, 5.74) is 2.64. The summed E-state index contributed by atoms with van der Waals surface area (Å²) in [6.07, 6.45) is 5.89. The first kappa shape index (κ1) is 16.7. The molecule has 6 heteroatoms. The highest BCUT2D eigenvalue weighted by atomic mass is 15.3. The molecule has 0 aromatic carbocycles. The Bertz CT molecular complexity index is 689. The maximum atomic E-state index is 4.78. The fourth-order valence-corrected chi connectivity index (χ4v) is 3.91. The van der Waals surface area contributed by atoms with Crippen LogP contribution in [0.2, 0.25) is 0 Å². The quantitative estimate of drug-likeness (QED) is 0.846. The van der Waals surface area contributed by atoms with Gasteiger partial charge in [0.25, 0.3) is 0 Å². The Kier molecular flexibility index (Phi) is 4.83. The van der Waals surface area contributed by atoms with Crippen molar-refractivity contribution in [3.63, 3.8) is 0 Å². The molecule has 2 aromatic rings. The first-order valence-electron chi connectivity index (χ1n) is 9.29. The van der Waals surface area contributed by atoms with Crippen molar-refractivity contribution in [1.82, 2.24) is 29.2 Å². The minimum absolute atomic E-state index is 0.343. The van der Waals surface area contributed by atoms with Crippen molar-refractivity contribution in [2.45, 2.75) is 32.6 Å². The van der Waals surface area contributed by atoms with Gasteiger partial charge in [0.15, 0.2) is 0 Å². The smallest absolute Gasteiger partial charge is 0.126 e. The molecule has 0 saturated carbocycles. The fraction of sp³-hybridized carbons (Fsp3) is 0.579. The third-order valence-electron chi connectivity index (χ3n) is 5.59. The number of imidazole rings is 1. The van der Waals surface area contributed by atoms with Crippen LogP contribution >= 0.6 is 0 Å². The van der Waals surface area contributed by atoms with Gasteiger partial charge in [-0.1, -0.05) is 6.07 Å². The molecule has 6 nitrogen and oxygen atoms in total. The first-order valence-corrected chi connectivity index (χ1v) is 9.29. The summed E-state index contributed by atoms with van der Waals surface area (Å²) in [6.45, 7) is 11.0. The lowest BCUT2D eigenvalue weighted by atomic mass is 10.1. The standard InChI is InChI=1S/C19H28N6/c1-16-19-21-13-18(15-23-8-6-22(2)7-9-23)25(19)11-10-24(16)14-17-4-3-5-20-12-17/h3-5,12-13,16H,6-11,14-15H2,1-2H3. The molecule has 4 heterocycles. The van der Waals surface area contributed by atoms with Crippen molar-refractivity contribution in [3.8, 4) is 0 Å². The maximum Gasteiger partial charge on any atom is 0.126 e. The Labute approximate surface area is 150 Å². The molecule has 2 aliphatic rings. The topological polar surface area (TPSA) is 40.4 Å². The second kappa shape index (κ2) is 7.23. The van der Waals surface area contributed by atoms with Crippen molar-refractivity contribution in [2.75, 3.05) is 39.8 Å². The Balaban J connectivity index is 1.44. The lowest BCUT2D eigenvalue weighted by Crippen LogP contribution is -2.44. The summed E-state index contributed by atoms with van der Waals surface area (Å²) >= 11 is 0. The molecule has 2 aromatic heterocycles. The molecule has 2 aliphatic heterocycles. The van der Waals surface area contributed by atoms with Crippen LogP contribution in [0.4, 0.5) is 0 Å². The van der Waals surface area contributed by atoms with Gasteiger partial charge in [0.1, 0.15) is 5.82 Å². The fourth-order valence-electron chi connectivity index (χ4n) is 3.91. The van der Waals surface area contributed by atoms with Crippen molar-refractivity contribution >= 4 is 0 Å². The molecular formula is C19H28N6. The second-order valence-corrected chi connectivity index (χ2v) is 7.35. The van der Waals surface area contributed by atoms with E-state index in [1.54, 1.807) is 0 Å². The summed E-state index contributed by atoms with van der Waals surface area (Å²) in [6, 6.07) is 4.51. The molecule has 25 heavy (non-hydrogen) atoms. The van der Waals surface area contributed by atoms with Crippen LogP contribution in [0.1, 0.15) is 30.0 Å². The molecule has 4 rings (SSSR count). The van der Waals surface area contributed by atoms with Crippen LogP contribution in [0, 0.1) is 0 Å². The van der Waals surface area contributed by atoms with Gasteiger partial charge in [0.05, 0.1) is 11.7 Å². The number of hydrogen-bond acceptors (Lipinski definition) is 5. The predicted molar refractivity (Wildman–Crippen MR) is 98.1 cm³/mol. The number of likely N-dealkylation sites (N-methyl/N-ethyl adjacent to an activating group) is 1. The van der Waals surface area contributed by atoms with E-state index in [0.717, 1.165) is 52.4 Å². The summed E-state index contributed by atoms with van der Waals surface area (Å²) < 4.78 is 2.45. The molecule has 1 saturated heterocycles. The molecule has 0 N–H and O–H groups in total. The number of aromatic nitrogens is 3. The number of rotatable bonds is 4. The molecule has 0 aliphatic carbocycles. The summed E-state index contributed by atoms with van der Waals surface area (Å²) in [7, 11) is 2.20. The van der Waals surface area contributed by atoms with Gasteiger partial charge in [-0.15, -0.1) is 0 Å². The molecule has 0 bridgehead atoms. The number of pyridine rings is 1. The van der Waals surface area contributed by atoms with E-state index in [9.17, 15) is 0 Å². The van der Waals surface area contributed by atoms with Gasteiger partial charge in [-0.2, -0.15) is 0 Å². The Morgan fingerprint density at radius 1 is 1.04 bits per heavy atom. The molecular weight excluding hydrogens is 312 g/mol. The van der Waals surface area contributed by atoms with E-state index in [0.29, 0.717) is 6.04 Å². The largest absolute Gasteiger partial charge is 0.328 e. The lowest BCUT2D eigenvalue weighted by molar-refractivity contribution is 0.136. The molecule has 134 valence electrons. The van der Waals surface area contributed by atoms with Crippen LogP contribution in [-0.4, -0.2) is 69.0 Å². The van der Waals surface area contributed by atoms with Gasteiger partial charge in [-0.05, 0) is 25.6 Å². The number of piperazine rings is 1. The zero-order chi connectivity index (χ0) is 17.2. The van der Waals surface area contributed by atoms with E-state index >= 15 is 0 Å². The number of fused-ring (bicyclic) bond motifs is 1. The predicted octanol–water partition coefficient (Wildman–Crippen LogP) is 1.60. The molecule has 1 fully saturated rings. The average Bonchev–Trinajstić information content (AvgIpc) is 3.04. The summed E-state index contributed by atoms with van der Waals surface area (Å²) in [5, 5.41) is 0. The van der Waals surface area contributed by atoms with Gasteiger partial charge < -0.3 is 9.47 Å². The van der Waals surface area contributed by atoms with Crippen LogP contribution < -0.4 is 0 Å². The minimum Gasteiger partial charge on any atom is -0.328 e. The van der Waals surface area contributed by atoms with Gasteiger partial charge in [0.2, 0.25) is 0 Å². The second-order valence-electron chi connectivity index (χ2n) is 7.35. The average molecular weight is 340 g/mol.